The Kier molecular flexibility index (Phi) is 2.02. The minimum atomic E-state index is 0.841. The molecule has 0 aliphatic rings. The number of aromatic amines is 1. The molecule has 76 valence electrons. The summed E-state index contributed by atoms with van der Waals surface area (Å²) in [6, 6.07) is 6.19. The number of hydrogen-bond donors (Lipinski definition) is 1. The normalized spacial score (nSPS) is 10.4. The summed E-state index contributed by atoms with van der Waals surface area (Å²) in [7, 11) is 0. The van der Waals surface area contributed by atoms with Crippen molar-refractivity contribution in [2.45, 2.75) is 0 Å². The largest absolute Gasteiger partial charge is 0.345 e. The van der Waals surface area contributed by atoms with Crippen molar-refractivity contribution in [1.29, 1.82) is 0 Å². The molecular weight excluding hydrogens is 216 g/mol. The molecule has 0 unspecified atom stereocenters. The predicted octanol–water partition coefficient (Wildman–Crippen LogP) is 3.27. The van der Waals surface area contributed by atoms with Gasteiger partial charge in [-0.3, -0.25) is 0 Å². The quantitative estimate of drug-likeness (QED) is 0.631. The second-order valence-corrected chi connectivity index (χ2v) is 4.39. The van der Waals surface area contributed by atoms with E-state index in [1.165, 1.54) is 4.88 Å². The molecule has 0 amide bonds. The van der Waals surface area contributed by atoms with Crippen LogP contribution in [0, 0.1) is 12.3 Å². The number of pyridine rings is 1. The van der Waals surface area contributed by atoms with Gasteiger partial charge < -0.3 is 4.98 Å². The van der Waals surface area contributed by atoms with Crippen LogP contribution in [0.25, 0.3) is 21.5 Å². The van der Waals surface area contributed by atoms with Crippen LogP contribution in [-0.2, 0) is 0 Å². The van der Waals surface area contributed by atoms with E-state index in [0.29, 0.717) is 0 Å². The van der Waals surface area contributed by atoms with Crippen LogP contribution in [0.5, 0.6) is 0 Å². The molecule has 0 spiro atoms. The van der Waals surface area contributed by atoms with Gasteiger partial charge in [-0.25, -0.2) is 4.98 Å². The molecule has 3 aromatic rings. The number of terminal acetylenes is 1. The van der Waals surface area contributed by atoms with Crippen molar-refractivity contribution in [2.24, 2.45) is 0 Å². The summed E-state index contributed by atoms with van der Waals surface area (Å²) in [5.74, 6) is 2.65. The molecule has 16 heavy (non-hydrogen) atoms. The van der Waals surface area contributed by atoms with Crippen LogP contribution in [0.3, 0.4) is 0 Å². The third-order valence-electron chi connectivity index (χ3n) is 2.49. The van der Waals surface area contributed by atoms with E-state index >= 15 is 0 Å². The highest BCUT2D eigenvalue weighted by Crippen LogP contribution is 2.27. The number of H-pyrrole nitrogens is 1. The lowest BCUT2D eigenvalue weighted by Gasteiger charge is -1.97. The van der Waals surface area contributed by atoms with Crippen molar-refractivity contribution in [2.75, 3.05) is 0 Å². The van der Waals surface area contributed by atoms with Gasteiger partial charge in [0.1, 0.15) is 5.65 Å². The molecule has 3 rings (SSSR count). The zero-order valence-corrected chi connectivity index (χ0v) is 9.21. The molecule has 0 radical (unpaired) electrons. The Hall–Kier alpha value is -2.05. The molecule has 3 heterocycles. The SMILES string of the molecule is C#Cc1c[nH]c2ncc(-c3cccs3)cc12. The Labute approximate surface area is 97.0 Å². The summed E-state index contributed by atoms with van der Waals surface area (Å²) in [4.78, 5) is 8.63. The van der Waals surface area contributed by atoms with Crippen LogP contribution >= 0.6 is 11.3 Å². The Bertz CT molecular complexity index is 672. The fourth-order valence-electron chi connectivity index (χ4n) is 1.70. The van der Waals surface area contributed by atoms with Crippen LogP contribution in [-0.4, -0.2) is 9.97 Å². The van der Waals surface area contributed by atoms with Crippen molar-refractivity contribution < 1.29 is 0 Å². The number of hydrogen-bond acceptors (Lipinski definition) is 2. The van der Waals surface area contributed by atoms with Crippen molar-refractivity contribution in [3.05, 3.63) is 41.5 Å². The zero-order valence-electron chi connectivity index (χ0n) is 8.40. The summed E-state index contributed by atoms with van der Waals surface area (Å²) in [6.07, 6.45) is 9.12. The van der Waals surface area contributed by atoms with Crippen LogP contribution in [0.2, 0.25) is 0 Å². The van der Waals surface area contributed by atoms with Gasteiger partial charge in [0.25, 0.3) is 0 Å². The molecule has 0 saturated carbocycles. The van der Waals surface area contributed by atoms with Crippen LogP contribution in [0.4, 0.5) is 0 Å². The average molecular weight is 224 g/mol. The lowest BCUT2D eigenvalue weighted by Crippen LogP contribution is -1.79. The monoisotopic (exact) mass is 224 g/mol. The lowest BCUT2D eigenvalue weighted by atomic mass is 10.1. The molecule has 3 heteroatoms. The van der Waals surface area contributed by atoms with Gasteiger partial charge in [0, 0.05) is 28.2 Å². The molecule has 0 aliphatic carbocycles. The predicted molar refractivity (Wildman–Crippen MR) is 67.3 cm³/mol. The van der Waals surface area contributed by atoms with Crippen molar-refractivity contribution in [1.82, 2.24) is 9.97 Å². The minimum Gasteiger partial charge on any atom is -0.345 e. The van der Waals surface area contributed by atoms with Gasteiger partial charge >= 0.3 is 0 Å². The van der Waals surface area contributed by atoms with Gasteiger partial charge in [-0.2, -0.15) is 0 Å². The maximum absolute atomic E-state index is 5.43. The highest BCUT2D eigenvalue weighted by Gasteiger charge is 2.05. The van der Waals surface area contributed by atoms with E-state index in [4.69, 9.17) is 6.42 Å². The molecule has 1 N–H and O–H groups in total. The van der Waals surface area contributed by atoms with Gasteiger partial charge in [0.2, 0.25) is 0 Å². The number of aromatic nitrogens is 2. The first-order valence-corrected chi connectivity index (χ1v) is 5.74. The van der Waals surface area contributed by atoms with E-state index in [1.807, 2.05) is 18.5 Å². The fraction of sp³-hybridized carbons (Fsp3) is 0. The summed E-state index contributed by atoms with van der Waals surface area (Å²) in [5.41, 5.74) is 2.81. The van der Waals surface area contributed by atoms with E-state index in [1.54, 1.807) is 11.3 Å². The first-order valence-electron chi connectivity index (χ1n) is 4.86. The molecule has 2 nitrogen and oxygen atoms in total. The van der Waals surface area contributed by atoms with E-state index in [9.17, 15) is 0 Å². The van der Waals surface area contributed by atoms with Crippen molar-refractivity contribution in [3.63, 3.8) is 0 Å². The molecule has 3 aromatic heterocycles. The summed E-state index contributed by atoms with van der Waals surface area (Å²) in [5, 5.41) is 3.06. The smallest absolute Gasteiger partial charge is 0.138 e. The molecule has 0 aromatic carbocycles. The Morgan fingerprint density at radius 2 is 2.38 bits per heavy atom. The van der Waals surface area contributed by atoms with Gasteiger partial charge in [-0.15, -0.1) is 17.8 Å². The summed E-state index contributed by atoms with van der Waals surface area (Å²) in [6.45, 7) is 0. The number of fused-ring (bicyclic) bond motifs is 1. The second kappa shape index (κ2) is 3.51. The van der Waals surface area contributed by atoms with Gasteiger partial charge in [-0.05, 0) is 17.5 Å². The maximum Gasteiger partial charge on any atom is 0.138 e. The van der Waals surface area contributed by atoms with E-state index in [2.05, 4.69) is 33.4 Å². The highest BCUT2D eigenvalue weighted by molar-refractivity contribution is 7.13. The standard InChI is InChI=1S/C13H8N2S/c1-2-9-7-14-13-11(9)6-10(8-15-13)12-4-3-5-16-12/h1,3-8H,(H,14,15). The Morgan fingerprint density at radius 3 is 3.12 bits per heavy atom. The zero-order chi connectivity index (χ0) is 11.0. The number of nitrogens with one attached hydrogen (secondary N) is 1. The number of rotatable bonds is 1. The van der Waals surface area contributed by atoms with Gasteiger partial charge in [0.05, 0.1) is 5.56 Å². The summed E-state index contributed by atoms with van der Waals surface area (Å²) >= 11 is 1.70. The second-order valence-electron chi connectivity index (χ2n) is 3.44. The van der Waals surface area contributed by atoms with Gasteiger partial charge in [0.15, 0.2) is 0 Å². The highest BCUT2D eigenvalue weighted by atomic mass is 32.1. The van der Waals surface area contributed by atoms with Gasteiger partial charge in [-0.1, -0.05) is 12.0 Å². The molecular formula is C13H8N2S. The van der Waals surface area contributed by atoms with Crippen molar-refractivity contribution >= 4 is 22.4 Å². The van der Waals surface area contributed by atoms with Crippen LogP contribution in [0.1, 0.15) is 5.56 Å². The van der Waals surface area contributed by atoms with E-state index in [-0.39, 0.29) is 0 Å². The van der Waals surface area contributed by atoms with Crippen molar-refractivity contribution in [3.8, 4) is 22.8 Å². The first-order chi connectivity index (χ1) is 7.88. The third kappa shape index (κ3) is 1.32. The molecule has 0 bridgehead atoms. The Balaban J connectivity index is 2.26. The Morgan fingerprint density at radius 1 is 1.44 bits per heavy atom. The summed E-state index contributed by atoms with van der Waals surface area (Å²) < 4.78 is 0. The number of nitrogens with zero attached hydrogens (tertiary/aromatic N) is 1. The molecule has 0 fully saturated rings. The van der Waals surface area contributed by atoms with Crippen LogP contribution < -0.4 is 0 Å². The molecule has 0 atom stereocenters. The topological polar surface area (TPSA) is 28.7 Å². The maximum atomic E-state index is 5.43. The molecule has 0 saturated heterocycles. The average Bonchev–Trinajstić information content (AvgIpc) is 2.97. The minimum absolute atomic E-state index is 0.841. The van der Waals surface area contributed by atoms with Crippen LogP contribution in [0.15, 0.2) is 36.0 Å². The third-order valence-corrected chi connectivity index (χ3v) is 3.41. The first kappa shape index (κ1) is 9.20. The number of thiophene rings is 1. The lowest BCUT2D eigenvalue weighted by molar-refractivity contribution is 1.33. The van der Waals surface area contributed by atoms with E-state index < -0.39 is 0 Å². The van der Waals surface area contributed by atoms with E-state index in [0.717, 1.165) is 22.2 Å². The molecule has 0 aliphatic heterocycles. The fourth-order valence-corrected chi connectivity index (χ4v) is 2.41.